The zero-order valence-corrected chi connectivity index (χ0v) is 22.9. The van der Waals surface area contributed by atoms with E-state index in [1.54, 1.807) is 0 Å². The molecule has 2 fully saturated rings. The maximum absolute atomic E-state index is 12.9. The number of rotatable bonds is 3. The zero-order chi connectivity index (χ0) is 27.3. The molecule has 4 aromatic heterocycles. The van der Waals surface area contributed by atoms with Crippen LogP contribution in [-0.4, -0.2) is 69.8 Å². The summed E-state index contributed by atoms with van der Waals surface area (Å²) in [6, 6.07) is 1.87. The molecule has 15 nitrogen and oxygen atoms in total. The van der Waals surface area contributed by atoms with E-state index in [0.717, 1.165) is 18.0 Å². The number of hydrogen-bond donors (Lipinski definition) is 4. The van der Waals surface area contributed by atoms with Crippen LogP contribution in [0.5, 0.6) is 0 Å². The number of nitrogens with two attached hydrogens (primary N) is 2. The van der Waals surface area contributed by atoms with Crippen molar-refractivity contribution in [3.05, 3.63) is 35.3 Å². The molecule has 4 aromatic rings. The fourth-order valence-corrected chi connectivity index (χ4v) is 7.58. The number of nitrogens with one attached hydrogen (secondary N) is 1. The molecular formula is C22H29N9O6P2. The molecule has 6 N–H and O–H groups in total. The summed E-state index contributed by atoms with van der Waals surface area (Å²) in [6.45, 7) is 2.14. The lowest BCUT2D eigenvalue weighted by molar-refractivity contribution is -0.0357. The van der Waals surface area contributed by atoms with Crippen LogP contribution in [0.15, 0.2) is 29.7 Å². The lowest BCUT2D eigenvalue weighted by atomic mass is 10.0. The minimum Gasteiger partial charge on any atom is -0.383 e. The van der Waals surface area contributed by atoms with Crippen molar-refractivity contribution in [1.29, 1.82) is 0 Å². The van der Waals surface area contributed by atoms with E-state index in [1.165, 1.54) is 17.2 Å². The lowest BCUT2D eigenvalue weighted by Gasteiger charge is -2.26. The molecular weight excluding hydrogens is 548 g/mol. The third-order valence-corrected chi connectivity index (χ3v) is 9.80. The standard InChI is InChI=1S/C22H29N9O6P2/c1-10-4-13(21(33)31-9-27-16-19(31)28-22(24)29-20(16)32)37-39(34)35-6-14-11(7-38-10)5-15(36-14)30-3-2-12-17(23)25-8-26-18(12)30/h2-3,8-11,13-15,21,33,38-39H,4-7H2,1H3,(H2,23,25,26)(H3,24,28,29,32)/t10?,11-,13-,14?,15-,21-/m1/s1. The molecule has 2 aliphatic rings. The van der Waals surface area contributed by atoms with Gasteiger partial charge in [0, 0.05) is 6.20 Å². The number of aromatic nitrogens is 7. The van der Waals surface area contributed by atoms with Crippen molar-refractivity contribution in [2.75, 3.05) is 24.2 Å². The molecule has 0 radical (unpaired) electrons. The van der Waals surface area contributed by atoms with Gasteiger partial charge in [0.15, 0.2) is 17.4 Å². The number of aromatic amines is 1. The first-order valence-electron chi connectivity index (χ1n) is 12.5. The molecule has 2 saturated heterocycles. The Balaban J connectivity index is 1.19. The van der Waals surface area contributed by atoms with Crippen LogP contribution in [0.3, 0.4) is 0 Å². The number of fused-ring (bicyclic) bond motifs is 3. The number of aliphatic hydroxyl groups excluding tert-OH is 1. The molecule has 6 heterocycles. The molecule has 0 aromatic carbocycles. The highest BCUT2D eigenvalue weighted by Gasteiger charge is 2.38. The van der Waals surface area contributed by atoms with Crippen molar-refractivity contribution >= 4 is 50.8 Å². The molecule has 0 aliphatic carbocycles. The molecule has 39 heavy (non-hydrogen) atoms. The van der Waals surface area contributed by atoms with Gasteiger partial charge in [-0.2, -0.15) is 4.98 Å². The van der Waals surface area contributed by atoms with E-state index in [2.05, 4.69) is 31.8 Å². The summed E-state index contributed by atoms with van der Waals surface area (Å²) >= 11 is 0. The predicted molar refractivity (Wildman–Crippen MR) is 145 cm³/mol. The van der Waals surface area contributed by atoms with Crippen LogP contribution in [0.2, 0.25) is 0 Å². The normalized spacial score (nSPS) is 29.9. The Hall–Kier alpha value is -2.93. The van der Waals surface area contributed by atoms with E-state index in [4.69, 9.17) is 25.3 Å². The van der Waals surface area contributed by atoms with E-state index in [0.29, 0.717) is 26.5 Å². The van der Waals surface area contributed by atoms with Gasteiger partial charge in [0.25, 0.3) is 5.56 Å². The number of H-pyrrole nitrogens is 1. The monoisotopic (exact) mass is 577 g/mol. The van der Waals surface area contributed by atoms with Gasteiger partial charge in [-0.25, -0.2) is 15.0 Å². The lowest BCUT2D eigenvalue weighted by Crippen LogP contribution is -2.28. The largest absolute Gasteiger partial charge is 0.383 e. The van der Waals surface area contributed by atoms with Crippen LogP contribution in [0, 0.1) is 5.92 Å². The quantitative estimate of drug-likeness (QED) is 0.254. The van der Waals surface area contributed by atoms with Crippen LogP contribution in [0.1, 0.15) is 32.2 Å². The Morgan fingerprint density at radius 3 is 2.95 bits per heavy atom. The highest BCUT2D eigenvalue weighted by molar-refractivity contribution is 7.38. The molecule has 4 unspecified atom stereocenters. The van der Waals surface area contributed by atoms with Crippen molar-refractivity contribution in [3.8, 4) is 0 Å². The van der Waals surface area contributed by atoms with Crippen LogP contribution >= 0.6 is 16.8 Å². The minimum atomic E-state index is -3.01. The number of ether oxygens (including phenoxy) is 1. The average molecular weight is 577 g/mol. The van der Waals surface area contributed by atoms with Gasteiger partial charge in [-0.1, -0.05) is 6.92 Å². The first kappa shape index (κ1) is 26.3. The maximum Gasteiger partial charge on any atom is 0.319 e. The minimum absolute atomic E-state index is 0.0305. The molecule has 17 heteroatoms. The smallest absolute Gasteiger partial charge is 0.319 e. The number of hydrogen-bond acceptors (Lipinski definition) is 12. The van der Waals surface area contributed by atoms with Crippen molar-refractivity contribution in [2.24, 2.45) is 5.92 Å². The van der Waals surface area contributed by atoms with Crippen molar-refractivity contribution in [2.45, 2.75) is 50.1 Å². The highest BCUT2D eigenvalue weighted by atomic mass is 31.1. The summed E-state index contributed by atoms with van der Waals surface area (Å²) in [5.41, 5.74) is 12.1. The molecule has 0 bridgehead atoms. The Morgan fingerprint density at radius 2 is 2.10 bits per heavy atom. The Morgan fingerprint density at radius 1 is 1.26 bits per heavy atom. The average Bonchev–Trinajstić information content (AvgIpc) is 3.62. The van der Waals surface area contributed by atoms with Gasteiger partial charge >= 0.3 is 8.25 Å². The van der Waals surface area contributed by atoms with Crippen molar-refractivity contribution in [3.63, 3.8) is 0 Å². The number of imidazole rings is 1. The van der Waals surface area contributed by atoms with Crippen LogP contribution in [-0.2, 0) is 18.3 Å². The first-order chi connectivity index (χ1) is 18.8. The topological polar surface area (TPSA) is 211 Å². The number of nitrogens with zero attached hydrogens (tertiary/aromatic N) is 6. The van der Waals surface area contributed by atoms with Crippen molar-refractivity contribution < 1.29 is 23.5 Å². The predicted octanol–water partition coefficient (Wildman–Crippen LogP) is 1.39. The second-order valence-electron chi connectivity index (χ2n) is 9.80. The van der Waals surface area contributed by atoms with E-state index in [-0.39, 0.29) is 47.6 Å². The van der Waals surface area contributed by atoms with Gasteiger partial charge in [-0.15, -0.1) is 8.58 Å². The van der Waals surface area contributed by atoms with Crippen LogP contribution in [0.25, 0.3) is 22.2 Å². The van der Waals surface area contributed by atoms with Gasteiger partial charge in [-0.3, -0.25) is 18.9 Å². The van der Waals surface area contributed by atoms with Crippen molar-refractivity contribution in [1.82, 2.24) is 34.1 Å². The third kappa shape index (κ3) is 5.06. The number of nitrogen functional groups attached to an aromatic ring is 2. The summed E-state index contributed by atoms with van der Waals surface area (Å²) < 4.78 is 33.9. The summed E-state index contributed by atoms with van der Waals surface area (Å²) in [7, 11) is -2.48. The maximum atomic E-state index is 12.9. The molecule has 0 amide bonds. The van der Waals surface area contributed by atoms with Gasteiger partial charge < -0.3 is 34.9 Å². The van der Waals surface area contributed by atoms with E-state index >= 15 is 0 Å². The summed E-state index contributed by atoms with van der Waals surface area (Å²) in [6.07, 6.45) is 3.85. The zero-order valence-electron chi connectivity index (χ0n) is 20.9. The van der Waals surface area contributed by atoms with Gasteiger partial charge in [-0.05, 0) is 36.6 Å². The molecule has 6 rings (SSSR count). The third-order valence-electron chi connectivity index (χ3n) is 7.21. The van der Waals surface area contributed by atoms with E-state index in [9.17, 15) is 14.5 Å². The summed E-state index contributed by atoms with van der Waals surface area (Å²) in [5, 5.41) is 12.0. The van der Waals surface area contributed by atoms with Gasteiger partial charge in [0.2, 0.25) is 5.95 Å². The summed E-state index contributed by atoms with van der Waals surface area (Å²) in [4.78, 5) is 31.1. The summed E-state index contributed by atoms with van der Waals surface area (Å²) in [5.74, 6) is 0.471. The first-order valence-corrected chi connectivity index (χ1v) is 15.0. The molecule has 208 valence electrons. The Labute approximate surface area is 224 Å². The number of anilines is 2. The SMILES string of the molecule is CC1C[C@H]([C@@H](O)n2cnc3c(=O)[nH]c(N)nc32)O[PH](=O)OCC2O[C@@H](n3ccc4c(N)ncnc43)C[C@@H]2CP1. The fourth-order valence-electron chi connectivity index (χ4n) is 5.21. The molecule has 0 saturated carbocycles. The Bertz CT molecular complexity index is 1590. The number of aliphatic hydroxyl groups is 1. The van der Waals surface area contributed by atoms with E-state index < -0.39 is 26.1 Å². The van der Waals surface area contributed by atoms with Crippen LogP contribution < -0.4 is 17.0 Å². The molecule has 8 atom stereocenters. The molecule has 2 aliphatic heterocycles. The Kier molecular flexibility index (Phi) is 7.13. The second kappa shape index (κ2) is 10.6. The van der Waals surface area contributed by atoms with Gasteiger partial charge in [0.1, 0.15) is 30.1 Å². The fraction of sp³-hybridized carbons (Fsp3) is 0.500. The van der Waals surface area contributed by atoms with E-state index in [1.807, 2.05) is 16.8 Å². The highest BCUT2D eigenvalue weighted by Crippen LogP contribution is 2.43. The van der Waals surface area contributed by atoms with Crippen LogP contribution in [0.4, 0.5) is 11.8 Å². The van der Waals surface area contributed by atoms with Gasteiger partial charge in [0.05, 0.1) is 24.4 Å². The second-order valence-corrected chi connectivity index (χ2v) is 12.6. The molecule has 0 spiro atoms.